The molecular formula is C18H30O4. The molecule has 4 nitrogen and oxygen atoms in total. The van der Waals surface area contributed by atoms with E-state index in [2.05, 4.69) is 20.1 Å². The standard InChI is InChI=1S/C18H30O4/c1-6-7-11-16(22-18(20)15(4)5)12-9-8-10-13-21-17(19)14(2)3/h16H,2,4,6-13H2,1,3,5H3. The van der Waals surface area contributed by atoms with Crippen molar-refractivity contribution in [2.24, 2.45) is 0 Å². The molecule has 0 bridgehead atoms. The first-order valence-corrected chi connectivity index (χ1v) is 8.07. The molecule has 0 aromatic carbocycles. The summed E-state index contributed by atoms with van der Waals surface area (Å²) in [7, 11) is 0. The highest BCUT2D eigenvalue weighted by Gasteiger charge is 2.14. The van der Waals surface area contributed by atoms with Crippen LogP contribution in [0.2, 0.25) is 0 Å². The Kier molecular flexibility index (Phi) is 11.2. The molecule has 0 saturated heterocycles. The van der Waals surface area contributed by atoms with Gasteiger partial charge < -0.3 is 9.47 Å². The molecule has 0 aromatic heterocycles. The fourth-order valence-electron chi connectivity index (χ4n) is 1.88. The Hall–Kier alpha value is -1.58. The number of hydrogen-bond acceptors (Lipinski definition) is 4. The molecule has 0 radical (unpaired) electrons. The third-order valence-corrected chi connectivity index (χ3v) is 3.25. The van der Waals surface area contributed by atoms with Crippen LogP contribution in [-0.2, 0) is 19.1 Å². The minimum atomic E-state index is -0.337. The van der Waals surface area contributed by atoms with Crippen LogP contribution in [0.4, 0.5) is 0 Å². The number of ether oxygens (including phenoxy) is 2. The first-order valence-electron chi connectivity index (χ1n) is 8.07. The summed E-state index contributed by atoms with van der Waals surface area (Å²) in [6, 6.07) is 0. The second-order valence-corrected chi connectivity index (χ2v) is 5.72. The molecule has 0 spiro atoms. The van der Waals surface area contributed by atoms with Crippen LogP contribution in [0.15, 0.2) is 24.3 Å². The lowest BCUT2D eigenvalue weighted by Gasteiger charge is -2.17. The summed E-state index contributed by atoms with van der Waals surface area (Å²) < 4.78 is 10.5. The van der Waals surface area contributed by atoms with Crippen molar-refractivity contribution in [2.75, 3.05) is 6.61 Å². The summed E-state index contributed by atoms with van der Waals surface area (Å²) in [5.74, 6) is -0.646. The van der Waals surface area contributed by atoms with Gasteiger partial charge in [-0.1, -0.05) is 32.9 Å². The van der Waals surface area contributed by atoms with Gasteiger partial charge in [0, 0.05) is 11.1 Å². The summed E-state index contributed by atoms with van der Waals surface area (Å²) in [6.07, 6.45) is 6.52. The van der Waals surface area contributed by atoms with Crippen molar-refractivity contribution < 1.29 is 19.1 Å². The zero-order chi connectivity index (χ0) is 17.0. The van der Waals surface area contributed by atoms with Crippen LogP contribution in [0, 0.1) is 0 Å². The summed E-state index contributed by atoms with van der Waals surface area (Å²) in [5.41, 5.74) is 0.861. The lowest BCUT2D eigenvalue weighted by molar-refractivity contribution is -0.145. The van der Waals surface area contributed by atoms with Crippen molar-refractivity contribution >= 4 is 11.9 Å². The Morgan fingerprint density at radius 1 is 0.909 bits per heavy atom. The molecule has 0 fully saturated rings. The summed E-state index contributed by atoms with van der Waals surface area (Å²) in [6.45, 7) is 13.0. The van der Waals surface area contributed by atoms with Gasteiger partial charge in [-0.3, -0.25) is 0 Å². The third kappa shape index (κ3) is 10.2. The number of carbonyl (C=O) groups is 2. The molecular weight excluding hydrogens is 280 g/mol. The topological polar surface area (TPSA) is 52.6 Å². The van der Waals surface area contributed by atoms with Gasteiger partial charge in [-0.15, -0.1) is 0 Å². The van der Waals surface area contributed by atoms with Crippen LogP contribution in [0.1, 0.15) is 65.7 Å². The van der Waals surface area contributed by atoms with Crippen LogP contribution in [0.5, 0.6) is 0 Å². The predicted molar refractivity (Wildman–Crippen MR) is 88.5 cm³/mol. The van der Waals surface area contributed by atoms with Crippen molar-refractivity contribution in [1.82, 2.24) is 0 Å². The molecule has 1 atom stereocenters. The first-order chi connectivity index (χ1) is 10.4. The molecule has 0 rings (SSSR count). The van der Waals surface area contributed by atoms with E-state index in [0.717, 1.165) is 44.9 Å². The molecule has 0 aliphatic rings. The van der Waals surface area contributed by atoms with Gasteiger partial charge in [-0.25, -0.2) is 9.59 Å². The maximum atomic E-state index is 11.6. The lowest BCUT2D eigenvalue weighted by atomic mass is 10.1. The van der Waals surface area contributed by atoms with Crippen molar-refractivity contribution in [3.63, 3.8) is 0 Å². The molecule has 0 amide bonds. The molecule has 0 N–H and O–H groups in total. The molecule has 1 unspecified atom stereocenters. The molecule has 0 heterocycles. The van der Waals surface area contributed by atoms with Gasteiger partial charge in [0.05, 0.1) is 6.61 Å². The van der Waals surface area contributed by atoms with E-state index in [1.165, 1.54) is 0 Å². The van der Waals surface area contributed by atoms with E-state index in [4.69, 9.17) is 9.47 Å². The normalized spacial score (nSPS) is 11.6. The van der Waals surface area contributed by atoms with Gasteiger partial charge in [-0.05, 0) is 46.0 Å². The zero-order valence-corrected chi connectivity index (χ0v) is 14.3. The SMILES string of the molecule is C=C(C)C(=O)OCCCCCC(CCCC)OC(=O)C(=C)C. The number of esters is 2. The van der Waals surface area contributed by atoms with E-state index < -0.39 is 0 Å². The Balaban J connectivity index is 3.92. The molecule has 126 valence electrons. The number of hydrogen-bond donors (Lipinski definition) is 0. The molecule has 0 aliphatic carbocycles. The Labute approximate surface area is 134 Å². The average Bonchev–Trinajstić information content (AvgIpc) is 2.47. The van der Waals surface area contributed by atoms with E-state index in [-0.39, 0.29) is 18.0 Å². The fourth-order valence-corrected chi connectivity index (χ4v) is 1.88. The van der Waals surface area contributed by atoms with Crippen LogP contribution in [-0.4, -0.2) is 24.6 Å². The lowest BCUT2D eigenvalue weighted by Crippen LogP contribution is -2.18. The Bertz CT molecular complexity index is 385. The van der Waals surface area contributed by atoms with Gasteiger partial charge in [0.2, 0.25) is 0 Å². The van der Waals surface area contributed by atoms with Crippen molar-refractivity contribution in [3.05, 3.63) is 24.3 Å². The van der Waals surface area contributed by atoms with Gasteiger partial charge in [0.15, 0.2) is 0 Å². The first kappa shape index (κ1) is 20.4. The number of rotatable bonds is 12. The van der Waals surface area contributed by atoms with E-state index >= 15 is 0 Å². The molecule has 0 aromatic rings. The monoisotopic (exact) mass is 310 g/mol. The third-order valence-electron chi connectivity index (χ3n) is 3.25. The molecule has 4 heteroatoms. The van der Waals surface area contributed by atoms with Gasteiger partial charge in [0.1, 0.15) is 6.10 Å². The minimum Gasteiger partial charge on any atom is -0.462 e. The minimum absolute atomic E-state index is 0.0397. The second kappa shape index (κ2) is 12.0. The van der Waals surface area contributed by atoms with E-state index in [1.807, 2.05) is 0 Å². The zero-order valence-electron chi connectivity index (χ0n) is 14.3. The number of unbranched alkanes of at least 4 members (excludes halogenated alkanes) is 3. The van der Waals surface area contributed by atoms with Crippen LogP contribution in [0.3, 0.4) is 0 Å². The van der Waals surface area contributed by atoms with Crippen molar-refractivity contribution in [1.29, 1.82) is 0 Å². The van der Waals surface area contributed by atoms with E-state index in [1.54, 1.807) is 13.8 Å². The average molecular weight is 310 g/mol. The maximum absolute atomic E-state index is 11.6. The fraction of sp³-hybridized carbons (Fsp3) is 0.667. The van der Waals surface area contributed by atoms with Gasteiger partial charge in [0.25, 0.3) is 0 Å². The number of carbonyl (C=O) groups excluding carboxylic acids is 2. The molecule has 22 heavy (non-hydrogen) atoms. The Morgan fingerprint density at radius 2 is 1.50 bits per heavy atom. The summed E-state index contributed by atoms with van der Waals surface area (Å²) in [4.78, 5) is 22.8. The van der Waals surface area contributed by atoms with E-state index in [0.29, 0.717) is 17.8 Å². The second-order valence-electron chi connectivity index (χ2n) is 5.72. The van der Waals surface area contributed by atoms with Crippen LogP contribution < -0.4 is 0 Å². The van der Waals surface area contributed by atoms with E-state index in [9.17, 15) is 9.59 Å². The highest BCUT2D eigenvalue weighted by molar-refractivity contribution is 5.87. The highest BCUT2D eigenvalue weighted by Crippen LogP contribution is 2.15. The summed E-state index contributed by atoms with van der Waals surface area (Å²) >= 11 is 0. The van der Waals surface area contributed by atoms with Crippen LogP contribution in [0.25, 0.3) is 0 Å². The molecule has 0 saturated carbocycles. The van der Waals surface area contributed by atoms with Gasteiger partial charge >= 0.3 is 11.9 Å². The predicted octanol–water partition coefficient (Wildman–Crippen LogP) is 4.34. The quantitative estimate of drug-likeness (QED) is 0.305. The smallest absolute Gasteiger partial charge is 0.333 e. The van der Waals surface area contributed by atoms with Crippen molar-refractivity contribution in [3.8, 4) is 0 Å². The molecule has 0 aliphatic heterocycles. The largest absolute Gasteiger partial charge is 0.462 e. The Morgan fingerprint density at radius 3 is 2.05 bits per heavy atom. The highest BCUT2D eigenvalue weighted by atomic mass is 16.5. The van der Waals surface area contributed by atoms with Gasteiger partial charge in [-0.2, -0.15) is 0 Å². The summed E-state index contributed by atoms with van der Waals surface area (Å²) in [5, 5.41) is 0. The van der Waals surface area contributed by atoms with Crippen LogP contribution >= 0.6 is 0 Å². The van der Waals surface area contributed by atoms with Crippen molar-refractivity contribution in [2.45, 2.75) is 71.8 Å². The maximum Gasteiger partial charge on any atom is 0.333 e.